The first-order chi connectivity index (χ1) is 11.3. The van der Waals surface area contributed by atoms with Crippen LogP contribution < -0.4 is 10.1 Å². The van der Waals surface area contributed by atoms with Gasteiger partial charge in [0.1, 0.15) is 5.75 Å². The van der Waals surface area contributed by atoms with Gasteiger partial charge in [-0.3, -0.25) is 4.79 Å². The fraction of sp³-hybridized carbons (Fsp3) is 0.381. The molecule has 24 heavy (non-hydrogen) atoms. The average Bonchev–Trinajstić information content (AvgIpc) is 2.54. The molecule has 0 radical (unpaired) electrons. The van der Waals surface area contributed by atoms with Gasteiger partial charge in [-0.05, 0) is 41.5 Å². The van der Waals surface area contributed by atoms with Crippen LogP contribution >= 0.6 is 0 Å². The molecule has 2 rings (SSSR count). The van der Waals surface area contributed by atoms with Gasteiger partial charge in [0.2, 0.25) is 0 Å². The molecule has 0 aromatic heterocycles. The topological polar surface area (TPSA) is 38.3 Å². The maximum atomic E-state index is 12.3. The highest BCUT2D eigenvalue weighted by Gasteiger charge is 2.19. The number of rotatable bonds is 5. The van der Waals surface area contributed by atoms with Gasteiger partial charge in [0.05, 0.1) is 0 Å². The zero-order valence-electron chi connectivity index (χ0n) is 15.3. The first kappa shape index (κ1) is 18.1. The van der Waals surface area contributed by atoms with Crippen molar-refractivity contribution >= 4 is 11.6 Å². The van der Waals surface area contributed by atoms with Gasteiger partial charge in [0.15, 0.2) is 6.61 Å². The van der Waals surface area contributed by atoms with E-state index in [0.29, 0.717) is 0 Å². The van der Waals surface area contributed by atoms with Crippen molar-refractivity contribution in [3.63, 3.8) is 0 Å². The van der Waals surface area contributed by atoms with Gasteiger partial charge < -0.3 is 10.1 Å². The van der Waals surface area contributed by atoms with Gasteiger partial charge >= 0.3 is 0 Å². The van der Waals surface area contributed by atoms with Crippen molar-refractivity contribution in [2.45, 2.75) is 46.5 Å². The Kier molecular flexibility index (Phi) is 5.66. The molecular weight excluding hydrogens is 298 g/mol. The molecule has 3 nitrogen and oxygen atoms in total. The zero-order chi connectivity index (χ0) is 17.7. The summed E-state index contributed by atoms with van der Waals surface area (Å²) in [7, 11) is 0. The van der Waals surface area contributed by atoms with Crippen molar-refractivity contribution in [2.24, 2.45) is 0 Å². The summed E-state index contributed by atoms with van der Waals surface area (Å²) in [4.78, 5) is 12.3. The molecule has 0 aliphatic rings. The van der Waals surface area contributed by atoms with E-state index in [0.717, 1.165) is 34.5 Å². The van der Waals surface area contributed by atoms with Crippen molar-refractivity contribution in [3.8, 4) is 5.75 Å². The molecule has 0 heterocycles. The highest BCUT2D eigenvalue weighted by atomic mass is 16.5. The Bertz CT molecular complexity index is 714. The predicted octanol–water partition coefficient (Wildman–Crippen LogP) is 4.87. The monoisotopic (exact) mass is 325 g/mol. The minimum atomic E-state index is -0.136. The van der Waals surface area contributed by atoms with E-state index in [9.17, 15) is 4.79 Å². The van der Waals surface area contributed by atoms with Crippen LogP contribution in [0.3, 0.4) is 0 Å². The van der Waals surface area contributed by atoms with Crippen LogP contribution in [0.4, 0.5) is 5.69 Å². The van der Waals surface area contributed by atoms with Crippen LogP contribution in [-0.4, -0.2) is 12.5 Å². The van der Waals surface area contributed by atoms with Gasteiger partial charge in [0, 0.05) is 5.69 Å². The Labute approximate surface area is 145 Å². The molecule has 0 aliphatic carbocycles. The van der Waals surface area contributed by atoms with Crippen molar-refractivity contribution < 1.29 is 9.53 Å². The minimum Gasteiger partial charge on any atom is -0.483 e. The lowest BCUT2D eigenvalue weighted by Gasteiger charge is -2.22. The van der Waals surface area contributed by atoms with Gasteiger partial charge in [-0.15, -0.1) is 0 Å². The zero-order valence-corrected chi connectivity index (χ0v) is 15.3. The summed E-state index contributed by atoms with van der Waals surface area (Å²) in [6, 6.07) is 13.9. The Morgan fingerprint density at radius 3 is 2.46 bits per heavy atom. The molecule has 0 spiro atoms. The molecule has 2 aromatic rings. The molecule has 0 saturated heterocycles. The number of amides is 1. The molecule has 0 atom stereocenters. The molecule has 0 fully saturated rings. The van der Waals surface area contributed by atoms with Crippen LogP contribution in [-0.2, 0) is 16.6 Å². The number of hydrogen-bond acceptors (Lipinski definition) is 2. The smallest absolute Gasteiger partial charge is 0.262 e. The SMILES string of the molecule is CCc1cccc(C)c1NC(=O)COc1ccccc1C(C)(C)C. The maximum absolute atomic E-state index is 12.3. The third kappa shape index (κ3) is 4.38. The summed E-state index contributed by atoms with van der Waals surface area (Å²) < 4.78 is 5.80. The lowest BCUT2D eigenvalue weighted by atomic mass is 9.86. The van der Waals surface area contributed by atoms with E-state index < -0.39 is 0 Å². The van der Waals surface area contributed by atoms with Crippen LogP contribution in [0.1, 0.15) is 44.4 Å². The lowest BCUT2D eigenvalue weighted by molar-refractivity contribution is -0.118. The van der Waals surface area contributed by atoms with E-state index in [-0.39, 0.29) is 17.9 Å². The molecule has 0 unspecified atom stereocenters. The summed E-state index contributed by atoms with van der Waals surface area (Å²) >= 11 is 0. The third-order valence-electron chi connectivity index (χ3n) is 4.06. The second-order valence-electron chi connectivity index (χ2n) is 7.05. The summed E-state index contributed by atoms with van der Waals surface area (Å²) in [5.41, 5.74) is 4.18. The normalized spacial score (nSPS) is 11.2. The largest absolute Gasteiger partial charge is 0.483 e. The van der Waals surface area contributed by atoms with Gasteiger partial charge in [-0.1, -0.05) is 64.1 Å². The molecule has 0 bridgehead atoms. The second kappa shape index (κ2) is 7.52. The van der Waals surface area contributed by atoms with E-state index in [1.54, 1.807) is 0 Å². The summed E-state index contributed by atoms with van der Waals surface area (Å²) in [6.07, 6.45) is 0.880. The number of ether oxygens (including phenoxy) is 1. The molecule has 0 saturated carbocycles. The summed E-state index contributed by atoms with van der Waals surface area (Å²) in [5.74, 6) is 0.628. The fourth-order valence-corrected chi connectivity index (χ4v) is 2.73. The van der Waals surface area contributed by atoms with Crippen LogP contribution in [0.2, 0.25) is 0 Å². The van der Waals surface area contributed by atoms with Gasteiger partial charge in [0.25, 0.3) is 5.91 Å². The van der Waals surface area contributed by atoms with Gasteiger partial charge in [-0.25, -0.2) is 0 Å². The molecule has 128 valence electrons. The quantitative estimate of drug-likeness (QED) is 0.851. The third-order valence-corrected chi connectivity index (χ3v) is 4.06. The Morgan fingerprint density at radius 1 is 1.08 bits per heavy atom. The first-order valence-corrected chi connectivity index (χ1v) is 8.43. The number of aryl methyl sites for hydroxylation is 2. The van der Waals surface area contributed by atoms with E-state index >= 15 is 0 Å². The molecule has 1 N–H and O–H groups in total. The van der Waals surface area contributed by atoms with Crippen molar-refractivity contribution in [3.05, 3.63) is 59.2 Å². The number of benzene rings is 2. The van der Waals surface area contributed by atoms with E-state index in [4.69, 9.17) is 4.74 Å². The average molecular weight is 325 g/mol. The molecule has 1 amide bonds. The summed E-state index contributed by atoms with van der Waals surface area (Å²) in [6.45, 7) is 10.5. The Balaban J connectivity index is 2.08. The number of nitrogens with one attached hydrogen (secondary N) is 1. The fourth-order valence-electron chi connectivity index (χ4n) is 2.73. The maximum Gasteiger partial charge on any atom is 0.262 e. The number of carbonyl (C=O) groups excluding carboxylic acids is 1. The Morgan fingerprint density at radius 2 is 1.79 bits per heavy atom. The Hall–Kier alpha value is -2.29. The van der Waals surface area contributed by atoms with Crippen molar-refractivity contribution in [2.75, 3.05) is 11.9 Å². The number of para-hydroxylation sites is 2. The lowest BCUT2D eigenvalue weighted by Crippen LogP contribution is -2.23. The summed E-state index contributed by atoms with van der Waals surface area (Å²) in [5, 5.41) is 2.99. The van der Waals surface area contributed by atoms with E-state index in [1.165, 1.54) is 0 Å². The van der Waals surface area contributed by atoms with Crippen LogP contribution in [0, 0.1) is 6.92 Å². The van der Waals surface area contributed by atoms with Gasteiger partial charge in [-0.2, -0.15) is 0 Å². The second-order valence-corrected chi connectivity index (χ2v) is 7.05. The molecular formula is C21H27NO2. The highest BCUT2D eigenvalue weighted by molar-refractivity contribution is 5.93. The number of anilines is 1. The van der Waals surface area contributed by atoms with Crippen LogP contribution in [0.25, 0.3) is 0 Å². The van der Waals surface area contributed by atoms with Crippen molar-refractivity contribution in [1.29, 1.82) is 0 Å². The highest BCUT2D eigenvalue weighted by Crippen LogP contribution is 2.31. The van der Waals surface area contributed by atoms with E-state index in [1.807, 2.05) is 49.4 Å². The first-order valence-electron chi connectivity index (χ1n) is 8.43. The van der Waals surface area contributed by atoms with E-state index in [2.05, 4.69) is 33.0 Å². The standard InChI is InChI=1S/C21H27NO2/c1-6-16-11-9-10-15(2)20(16)22-19(23)14-24-18-13-8-7-12-17(18)21(3,4)5/h7-13H,6,14H2,1-5H3,(H,22,23). The van der Waals surface area contributed by atoms with Crippen LogP contribution in [0.15, 0.2) is 42.5 Å². The number of hydrogen-bond donors (Lipinski definition) is 1. The molecule has 2 aromatic carbocycles. The van der Waals surface area contributed by atoms with Crippen molar-refractivity contribution in [1.82, 2.24) is 0 Å². The minimum absolute atomic E-state index is 0.00455. The number of carbonyl (C=O) groups is 1. The predicted molar refractivity (Wildman–Crippen MR) is 99.8 cm³/mol. The molecule has 0 aliphatic heterocycles. The molecule has 3 heteroatoms. The van der Waals surface area contributed by atoms with Crippen LogP contribution in [0.5, 0.6) is 5.75 Å².